The first kappa shape index (κ1) is 24.1. The first-order valence-electron chi connectivity index (χ1n) is 13.1. The van der Waals surface area contributed by atoms with Crippen LogP contribution in [0.5, 0.6) is 0 Å². The van der Waals surface area contributed by atoms with Gasteiger partial charge in [-0.1, -0.05) is 31.4 Å². The van der Waals surface area contributed by atoms with Crippen LogP contribution < -0.4 is 0 Å². The fraction of sp³-hybridized carbons (Fsp3) is 0.889. The van der Waals surface area contributed by atoms with Gasteiger partial charge in [0.05, 0.1) is 12.1 Å². The Morgan fingerprint density at radius 1 is 1.00 bits per heavy atom. The van der Waals surface area contributed by atoms with Crippen molar-refractivity contribution in [3.05, 3.63) is 12.2 Å². The Morgan fingerprint density at radius 3 is 2.47 bits per heavy atom. The molecule has 4 aliphatic rings. The molecule has 0 aromatic rings. The monoisotopic (exact) mass is 447 g/mol. The highest BCUT2D eigenvalue weighted by atomic mass is 16.7. The summed E-state index contributed by atoms with van der Waals surface area (Å²) < 4.78 is 17.8. The predicted molar refractivity (Wildman–Crippen MR) is 126 cm³/mol. The minimum Gasteiger partial charge on any atom is -0.444 e. The zero-order valence-electron chi connectivity index (χ0n) is 21.1. The lowest BCUT2D eigenvalue weighted by molar-refractivity contribution is -0.132. The van der Waals surface area contributed by atoms with Gasteiger partial charge in [0.15, 0.2) is 6.29 Å². The van der Waals surface area contributed by atoms with Crippen LogP contribution in [0.4, 0.5) is 4.79 Å². The van der Waals surface area contributed by atoms with Crippen molar-refractivity contribution in [2.24, 2.45) is 29.6 Å². The summed E-state index contributed by atoms with van der Waals surface area (Å²) in [5.41, 5.74) is -0.472. The minimum atomic E-state index is -0.472. The highest BCUT2D eigenvalue weighted by molar-refractivity contribution is 5.69. The molecule has 2 heterocycles. The van der Waals surface area contributed by atoms with Crippen LogP contribution in [0.2, 0.25) is 0 Å². The lowest BCUT2D eigenvalue weighted by Crippen LogP contribution is -2.50. The van der Waals surface area contributed by atoms with Crippen molar-refractivity contribution < 1.29 is 19.0 Å². The second kappa shape index (κ2) is 9.66. The molecule has 182 valence electrons. The van der Waals surface area contributed by atoms with Crippen LogP contribution in [0.15, 0.2) is 12.2 Å². The van der Waals surface area contributed by atoms with Gasteiger partial charge in [-0.2, -0.15) is 0 Å². The Labute approximate surface area is 195 Å². The molecule has 2 aliphatic carbocycles. The second-order valence-electron chi connectivity index (χ2n) is 11.8. The fourth-order valence-corrected chi connectivity index (χ4v) is 7.27. The first-order chi connectivity index (χ1) is 15.2. The summed E-state index contributed by atoms with van der Waals surface area (Å²) in [6.07, 6.45) is 14.6. The third-order valence-electron chi connectivity index (χ3n) is 8.56. The fourth-order valence-electron chi connectivity index (χ4n) is 7.27. The molecule has 5 heteroatoms. The molecule has 9 atom stereocenters. The molecule has 0 aromatic carbocycles. The van der Waals surface area contributed by atoms with E-state index in [9.17, 15) is 4.79 Å². The topological polar surface area (TPSA) is 48.0 Å². The molecule has 2 aliphatic heterocycles. The minimum absolute atomic E-state index is 0.0678. The molecule has 0 bridgehead atoms. The van der Waals surface area contributed by atoms with Crippen molar-refractivity contribution in [2.75, 3.05) is 7.11 Å². The SMILES string of the molecule is CO[C@@H]1O[C@H](C)[C@@H]2[C@H]1C[C@@H]1CCCCC1[C@@H]2/C=C/C1CCC[C@@H](C)N1C(=O)OC(C)(C)C. The third kappa shape index (κ3) is 4.89. The number of ether oxygens (including phenoxy) is 3. The van der Waals surface area contributed by atoms with Crippen LogP contribution in [-0.4, -0.2) is 48.2 Å². The summed E-state index contributed by atoms with van der Waals surface area (Å²) in [4.78, 5) is 15.1. The van der Waals surface area contributed by atoms with Crippen molar-refractivity contribution in [3.63, 3.8) is 0 Å². The Hall–Kier alpha value is -1.07. The molecule has 4 fully saturated rings. The van der Waals surface area contributed by atoms with Gasteiger partial charge in [-0.25, -0.2) is 4.79 Å². The van der Waals surface area contributed by atoms with Gasteiger partial charge >= 0.3 is 6.09 Å². The van der Waals surface area contributed by atoms with E-state index in [0.717, 1.165) is 31.1 Å². The normalized spacial score (nSPS) is 42.6. The van der Waals surface area contributed by atoms with Gasteiger partial charge in [0, 0.05) is 19.1 Å². The zero-order chi connectivity index (χ0) is 23.0. The van der Waals surface area contributed by atoms with Crippen LogP contribution in [0, 0.1) is 29.6 Å². The summed E-state index contributed by atoms with van der Waals surface area (Å²) in [5, 5.41) is 0. The standard InChI is InChI=1S/C27H45NO4/c1-17-10-9-12-20(28(17)26(29)32-27(3,4)5)14-15-22-21-13-8-7-11-19(21)16-23-24(22)18(2)31-25(23)30-6/h14-15,17-25H,7-13,16H2,1-6H3/b15-14+/t17-,18-,19+,20?,21?,22+,23-,24+,25-/m1/s1. The number of likely N-dealkylation sites (tertiary alicyclic amines) is 1. The Balaban J connectivity index is 1.57. The zero-order valence-corrected chi connectivity index (χ0v) is 21.1. The van der Waals surface area contributed by atoms with Crippen LogP contribution in [-0.2, 0) is 14.2 Å². The maximum Gasteiger partial charge on any atom is 0.411 e. The lowest BCUT2D eigenvalue weighted by Gasteiger charge is -2.47. The summed E-state index contributed by atoms with van der Waals surface area (Å²) in [5.74, 6) is 3.01. The Kier molecular flexibility index (Phi) is 7.26. The predicted octanol–water partition coefficient (Wildman–Crippen LogP) is 6.17. The molecule has 32 heavy (non-hydrogen) atoms. The number of hydrogen-bond acceptors (Lipinski definition) is 4. The summed E-state index contributed by atoms with van der Waals surface area (Å²) in [6, 6.07) is 0.327. The number of piperidine rings is 1. The molecular formula is C27H45NO4. The molecule has 2 saturated carbocycles. The maximum absolute atomic E-state index is 13.1. The number of methoxy groups -OCH3 is 1. The number of hydrogen-bond donors (Lipinski definition) is 0. The van der Waals surface area contributed by atoms with Gasteiger partial charge in [0.2, 0.25) is 0 Å². The highest BCUT2D eigenvalue weighted by Crippen LogP contribution is 2.55. The van der Waals surface area contributed by atoms with Crippen molar-refractivity contribution >= 4 is 6.09 Å². The van der Waals surface area contributed by atoms with E-state index >= 15 is 0 Å². The number of allylic oxidation sites excluding steroid dienone is 1. The van der Waals surface area contributed by atoms with Crippen molar-refractivity contribution in [1.82, 2.24) is 4.90 Å². The van der Waals surface area contributed by atoms with Crippen molar-refractivity contribution in [2.45, 2.75) is 116 Å². The average Bonchev–Trinajstić information content (AvgIpc) is 3.05. The lowest BCUT2D eigenvalue weighted by atomic mass is 9.57. The number of nitrogens with zero attached hydrogens (tertiary/aromatic N) is 1. The third-order valence-corrected chi connectivity index (χ3v) is 8.56. The average molecular weight is 448 g/mol. The molecule has 0 aromatic heterocycles. The molecule has 1 amide bonds. The quantitative estimate of drug-likeness (QED) is 0.485. The van der Waals surface area contributed by atoms with E-state index in [-0.39, 0.29) is 30.6 Å². The van der Waals surface area contributed by atoms with Crippen LogP contribution in [0.1, 0.15) is 86.0 Å². The van der Waals surface area contributed by atoms with Gasteiger partial charge in [0.1, 0.15) is 5.60 Å². The molecule has 5 nitrogen and oxygen atoms in total. The van der Waals surface area contributed by atoms with Crippen LogP contribution in [0.3, 0.4) is 0 Å². The largest absolute Gasteiger partial charge is 0.444 e. The summed E-state index contributed by atoms with van der Waals surface area (Å²) >= 11 is 0. The first-order valence-corrected chi connectivity index (χ1v) is 13.1. The van der Waals surface area contributed by atoms with Crippen LogP contribution in [0.25, 0.3) is 0 Å². The number of rotatable bonds is 3. The van der Waals surface area contributed by atoms with Gasteiger partial charge in [-0.05, 0) is 90.4 Å². The van der Waals surface area contributed by atoms with Crippen molar-refractivity contribution in [3.8, 4) is 0 Å². The number of carbonyl (C=O) groups excluding carboxylic acids is 1. The molecule has 2 unspecified atom stereocenters. The van der Waals surface area contributed by atoms with E-state index in [4.69, 9.17) is 14.2 Å². The summed E-state index contributed by atoms with van der Waals surface area (Å²) in [6.45, 7) is 10.2. The van der Waals surface area contributed by atoms with E-state index in [0.29, 0.717) is 17.8 Å². The molecular weight excluding hydrogens is 402 g/mol. The van der Waals surface area contributed by atoms with E-state index in [1.165, 1.54) is 32.1 Å². The molecule has 0 N–H and O–H groups in total. The second-order valence-corrected chi connectivity index (χ2v) is 11.8. The smallest absolute Gasteiger partial charge is 0.411 e. The maximum atomic E-state index is 13.1. The Bertz CT molecular complexity index is 686. The van der Waals surface area contributed by atoms with E-state index in [1.807, 2.05) is 25.7 Å². The molecule has 2 saturated heterocycles. The summed E-state index contributed by atoms with van der Waals surface area (Å²) in [7, 11) is 1.79. The number of carbonyl (C=O) groups is 1. The van der Waals surface area contributed by atoms with E-state index in [1.54, 1.807) is 7.11 Å². The molecule has 4 rings (SSSR count). The van der Waals surface area contributed by atoms with Gasteiger partial charge < -0.3 is 14.2 Å². The molecule has 0 radical (unpaired) electrons. The highest BCUT2D eigenvalue weighted by Gasteiger charge is 2.53. The van der Waals surface area contributed by atoms with Gasteiger partial charge in [-0.15, -0.1) is 0 Å². The van der Waals surface area contributed by atoms with Gasteiger partial charge in [-0.3, -0.25) is 4.90 Å². The van der Waals surface area contributed by atoms with Crippen LogP contribution >= 0.6 is 0 Å². The Morgan fingerprint density at radius 2 is 1.75 bits per heavy atom. The van der Waals surface area contributed by atoms with E-state index < -0.39 is 5.60 Å². The number of fused-ring (bicyclic) bond motifs is 2. The van der Waals surface area contributed by atoms with E-state index in [2.05, 4.69) is 26.0 Å². The van der Waals surface area contributed by atoms with Gasteiger partial charge in [0.25, 0.3) is 0 Å². The van der Waals surface area contributed by atoms with Crippen molar-refractivity contribution in [1.29, 1.82) is 0 Å². The molecule has 0 spiro atoms. The number of amides is 1.